The van der Waals surface area contributed by atoms with Gasteiger partial charge in [0.15, 0.2) is 0 Å². The highest BCUT2D eigenvalue weighted by molar-refractivity contribution is 9.09. The van der Waals surface area contributed by atoms with Crippen LogP contribution in [0, 0.1) is 0 Å². The Hall–Kier alpha value is 0.280. The summed E-state index contributed by atoms with van der Waals surface area (Å²) in [5.74, 6) is 0. The van der Waals surface area contributed by atoms with E-state index in [1.54, 1.807) is 28.4 Å². The van der Waals surface area contributed by atoms with Gasteiger partial charge in [-0.3, -0.25) is 0 Å². The molecular weight excluding hydrogens is 280 g/mol. The van der Waals surface area contributed by atoms with Crippen LogP contribution in [0.15, 0.2) is 0 Å². The van der Waals surface area contributed by atoms with Crippen molar-refractivity contribution in [1.29, 1.82) is 0 Å². The zero-order chi connectivity index (χ0) is 12.1. The van der Waals surface area contributed by atoms with Crippen LogP contribution in [0.4, 0.5) is 0 Å². The summed E-state index contributed by atoms with van der Waals surface area (Å²) >= 11 is 3.42. The molecule has 1 aliphatic heterocycles. The van der Waals surface area contributed by atoms with Crippen LogP contribution >= 0.6 is 15.9 Å². The van der Waals surface area contributed by atoms with E-state index in [1.807, 2.05) is 0 Å². The van der Waals surface area contributed by atoms with Crippen molar-refractivity contribution in [2.24, 2.45) is 0 Å². The van der Waals surface area contributed by atoms with E-state index in [0.717, 1.165) is 0 Å². The van der Waals surface area contributed by atoms with E-state index in [1.165, 1.54) is 0 Å². The molecule has 0 radical (unpaired) electrons. The lowest BCUT2D eigenvalue weighted by Gasteiger charge is -2.42. The van der Waals surface area contributed by atoms with Gasteiger partial charge in [0.25, 0.3) is 0 Å². The number of rotatable bonds is 5. The number of halogens is 1. The first kappa shape index (κ1) is 14.3. The molecule has 6 heteroatoms. The van der Waals surface area contributed by atoms with Crippen LogP contribution in [-0.2, 0) is 23.7 Å². The normalized spacial score (nSPS) is 39.9. The average Bonchev–Trinajstić information content (AvgIpc) is 2.28. The molecule has 0 aromatic rings. The minimum Gasteiger partial charge on any atom is -0.382 e. The molecule has 0 N–H and O–H groups in total. The van der Waals surface area contributed by atoms with E-state index in [-0.39, 0.29) is 29.4 Å². The van der Waals surface area contributed by atoms with Gasteiger partial charge < -0.3 is 23.7 Å². The van der Waals surface area contributed by atoms with Crippen LogP contribution in [-0.4, -0.2) is 64.5 Å². The molecule has 0 bridgehead atoms. The molecular formula is C10H19BrO5. The number of methoxy groups -OCH3 is 4. The van der Waals surface area contributed by atoms with E-state index in [4.69, 9.17) is 23.7 Å². The number of hydrogen-bond acceptors (Lipinski definition) is 5. The highest BCUT2D eigenvalue weighted by atomic mass is 79.9. The lowest BCUT2D eigenvalue weighted by atomic mass is 10.00. The predicted octanol–water partition coefficient (Wildman–Crippen LogP) is 0.798. The van der Waals surface area contributed by atoms with Gasteiger partial charge in [-0.05, 0) is 0 Å². The summed E-state index contributed by atoms with van der Waals surface area (Å²) in [5, 5.41) is -0.228. The Morgan fingerprint density at radius 2 is 1.50 bits per heavy atom. The van der Waals surface area contributed by atoms with Crippen molar-refractivity contribution >= 4 is 15.9 Å². The van der Waals surface area contributed by atoms with E-state index in [2.05, 4.69) is 15.9 Å². The fourth-order valence-corrected chi connectivity index (χ4v) is 2.76. The van der Waals surface area contributed by atoms with Crippen molar-refractivity contribution < 1.29 is 23.7 Å². The number of alkyl halides is 1. The smallest absolute Gasteiger partial charge is 0.141 e. The van der Waals surface area contributed by atoms with Crippen molar-refractivity contribution in [1.82, 2.24) is 0 Å². The van der Waals surface area contributed by atoms with Crippen LogP contribution in [0.1, 0.15) is 0 Å². The minimum absolute atomic E-state index is 0.171. The van der Waals surface area contributed by atoms with Gasteiger partial charge in [-0.1, -0.05) is 15.9 Å². The average molecular weight is 299 g/mol. The van der Waals surface area contributed by atoms with Crippen molar-refractivity contribution in [2.45, 2.75) is 29.4 Å². The van der Waals surface area contributed by atoms with Gasteiger partial charge in [-0.2, -0.15) is 0 Å². The first-order valence-electron chi connectivity index (χ1n) is 5.06. The van der Waals surface area contributed by atoms with Crippen molar-refractivity contribution in [3.63, 3.8) is 0 Å². The van der Waals surface area contributed by atoms with Gasteiger partial charge in [0.2, 0.25) is 0 Å². The standard InChI is InChI=1S/C10H19BrO5/c1-12-5-6-7(13-2)8(14-3)9(15-4)10(11)16-6/h6-10H,5H2,1-4H3/t6-,7-,8+,9-,10?/m1/s1. The summed E-state index contributed by atoms with van der Waals surface area (Å²) in [4.78, 5) is 0. The van der Waals surface area contributed by atoms with Crippen LogP contribution in [0.2, 0.25) is 0 Å². The fourth-order valence-electron chi connectivity index (χ4n) is 1.96. The summed E-state index contributed by atoms with van der Waals surface area (Å²) < 4.78 is 27.0. The van der Waals surface area contributed by atoms with Crippen LogP contribution in [0.3, 0.4) is 0 Å². The fraction of sp³-hybridized carbons (Fsp3) is 1.00. The maximum atomic E-state index is 5.73. The van der Waals surface area contributed by atoms with Gasteiger partial charge in [-0.15, -0.1) is 0 Å². The van der Waals surface area contributed by atoms with Crippen molar-refractivity contribution in [2.75, 3.05) is 35.0 Å². The largest absolute Gasteiger partial charge is 0.382 e. The van der Waals surface area contributed by atoms with E-state index >= 15 is 0 Å². The van der Waals surface area contributed by atoms with Crippen LogP contribution in [0.5, 0.6) is 0 Å². The molecule has 0 aromatic carbocycles. The first-order chi connectivity index (χ1) is 7.69. The number of ether oxygens (including phenoxy) is 5. The molecule has 1 heterocycles. The Labute approximate surface area is 104 Å². The molecule has 0 amide bonds. The van der Waals surface area contributed by atoms with Gasteiger partial charge in [0, 0.05) is 28.4 Å². The summed E-state index contributed by atoms with van der Waals surface area (Å²) in [5.41, 5.74) is 0. The molecule has 0 aromatic heterocycles. The third-order valence-electron chi connectivity index (χ3n) is 2.72. The minimum atomic E-state index is -0.228. The molecule has 1 unspecified atom stereocenters. The molecule has 0 spiro atoms. The van der Waals surface area contributed by atoms with Gasteiger partial charge in [0.1, 0.15) is 29.4 Å². The number of hydrogen-bond donors (Lipinski definition) is 0. The molecule has 1 saturated heterocycles. The maximum absolute atomic E-state index is 5.73. The molecule has 1 aliphatic rings. The third-order valence-corrected chi connectivity index (χ3v) is 3.46. The second-order valence-electron chi connectivity index (χ2n) is 3.58. The second-order valence-corrected chi connectivity index (χ2v) is 4.48. The Bertz CT molecular complexity index is 204. The monoisotopic (exact) mass is 298 g/mol. The molecule has 96 valence electrons. The Morgan fingerprint density at radius 1 is 0.938 bits per heavy atom. The Balaban J connectivity index is 2.78. The summed E-state index contributed by atoms with van der Waals surface area (Å²) in [6, 6.07) is 0. The van der Waals surface area contributed by atoms with Crippen molar-refractivity contribution in [3.05, 3.63) is 0 Å². The van der Waals surface area contributed by atoms with Crippen LogP contribution in [0.25, 0.3) is 0 Å². The van der Waals surface area contributed by atoms with E-state index in [0.29, 0.717) is 6.61 Å². The summed E-state index contributed by atoms with van der Waals surface area (Å²) in [6.07, 6.45) is -0.768. The van der Waals surface area contributed by atoms with Gasteiger partial charge in [-0.25, -0.2) is 0 Å². The first-order valence-corrected chi connectivity index (χ1v) is 5.98. The highest BCUT2D eigenvalue weighted by Gasteiger charge is 2.45. The van der Waals surface area contributed by atoms with E-state index in [9.17, 15) is 0 Å². The van der Waals surface area contributed by atoms with Crippen molar-refractivity contribution in [3.8, 4) is 0 Å². The third kappa shape index (κ3) is 2.94. The Kier molecular flexibility index (Phi) is 6.17. The lowest BCUT2D eigenvalue weighted by Crippen LogP contribution is -2.59. The molecule has 0 saturated carbocycles. The predicted molar refractivity (Wildman–Crippen MR) is 61.9 cm³/mol. The second kappa shape index (κ2) is 6.88. The molecule has 5 nitrogen and oxygen atoms in total. The zero-order valence-electron chi connectivity index (χ0n) is 10.0. The van der Waals surface area contributed by atoms with E-state index < -0.39 is 0 Å². The molecule has 1 fully saturated rings. The Morgan fingerprint density at radius 3 is 1.94 bits per heavy atom. The maximum Gasteiger partial charge on any atom is 0.141 e. The van der Waals surface area contributed by atoms with Gasteiger partial charge >= 0.3 is 0 Å². The summed E-state index contributed by atoms with van der Waals surface area (Å²) in [7, 11) is 6.52. The molecule has 0 aliphatic carbocycles. The molecule has 1 rings (SSSR count). The SMILES string of the molecule is COC[C@H]1OC(Br)[C@H](OC)[C@@H](OC)[C@@H]1OC. The zero-order valence-corrected chi connectivity index (χ0v) is 11.6. The highest BCUT2D eigenvalue weighted by Crippen LogP contribution is 2.29. The topological polar surface area (TPSA) is 46.2 Å². The molecule has 5 atom stereocenters. The van der Waals surface area contributed by atoms with Crippen LogP contribution < -0.4 is 0 Å². The summed E-state index contributed by atoms with van der Waals surface area (Å²) in [6.45, 7) is 0.455. The molecule has 16 heavy (non-hydrogen) atoms. The lowest BCUT2D eigenvalue weighted by molar-refractivity contribution is -0.227. The quantitative estimate of drug-likeness (QED) is 0.703. The van der Waals surface area contributed by atoms with Gasteiger partial charge in [0.05, 0.1) is 6.61 Å².